The Labute approximate surface area is 187 Å². The van der Waals surface area contributed by atoms with E-state index in [0.717, 1.165) is 34.1 Å². The molecule has 2 aromatic carbocycles. The predicted octanol–water partition coefficient (Wildman–Crippen LogP) is 3.35. The van der Waals surface area contributed by atoms with Gasteiger partial charge in [-0.1, -0.05) is 55.7 Å². The lowest BCUT2D eigenvalue weighted by Crippen LogP contribution is -2.49. The minimum absolute atomic E-state index is 0.260. The molecule has 1 aliphatic rings. The summed E-state index contributed by atoms with van der Waals surface area (Å²) >= 11 is 0. The van der Waals surface area contributed by atoms with Crippen molar-refractivity contribution in [1.29, 1.82) is 0 Å². The second-order valence-electron chi connectivity index (χ2n) is 8.82. The van der Waals surface area contributed by atoms with Gasteiger partial charge in [0, 0.05) is 13.0 Å². The molecule has 4 rings (SSSR count). The first-order chi connectivity index (χ1) is 15.4. The van der Waals surface area contributed by atoms with Crippen LogP contribution in [0, 0.1) is 12.8 Å². The van der Waals surface area contributed by atoms with Crippen molar-refractivity contribution in [2.24, 2.45) is 11.7 Å². The van der Waals surface area contributed by atoms with Gasteiger partial charge in [0.25, 0.3) is 0 Å². The number of nitrogens with zero attached hydrogens (tertiary/aromatic N) is 2. The van der Waals surface area contributed by atoms with E-state index in [4.69, 9.17) is 5.73 Å². The van der Waals surface area contributed by atoms with Crippen LogP contribution in [0.5, 0.6) is 0 Å². The molecule has 3 N–H and O–H groups in total. The summed E-state index contributed by atoms with van der Waals surface area (Å²) in [6.45, 7) is 2.57. The first-order valence-corrected chi connectivity index (χ1v) is 11.3. The summed E-state index contributed by atoms with van der Waals surface area (Å²) in [5, 5.41) is 2.68. The molecule has 0 saturated heterocycles. The zero-order valence-corrected chi connectivity index (χ0v) is 18.4. The average molecular weight is 435 g/mol. The maximum Gasteiger partial charge on any atom is 0.337 e. The van der Waals surface area contributed by atoms with Crippen LogP contribution in [-0.2, 0) is 17.8 Å². The van der Waals surface area contributed by atoms with Crippen molar-refractivity contribution in [3.8, 4) is 0 Å². The molecule has 1 saturated carbocycles. The van der Waals surface area contributed by atoms with Crippen molar-refractivity contribution in [1.82, 2.24) is 14.5 Å². The number of nitrogens with two attached hydrogens (primary N) is 1. The lowest BCUT2D eigenvalue weighted by atomic mass is 9.89. The van der Waals surface area contributed by atoms with Crippen LogP contribution in [0.4, 0.5) is 4.79 Å². The number of imidazole rings is 1. The fraction of sp³-hybridized carbons (Fsp3) is 0.400. The number of amides is 2. The number of nitrogens with one attached hydrogen (secondary N) is 1. The molecule has 1 atom stereocenters. The zero-order chi connectivity index (χ0) is 22.7. The fourth-order valence-corrected chi connectivity index (χ4v) is 4.65. The first-order valence-electron chi connectivity index (χ1n) is 11.3. The van der Waals surface area contributed by atoms with E-state index in [1.54, 1.807) is 10.6 Å². The number of benzene rings is 2. The van der Waals surface area contributed by atoms with E-state index < -0.39 is 18.0 Å². The van der Waals surface area contributed by atoms with Gasteiger partial charge in [0.15, 0.2) is 0 Å². The van der Waals surface area contributed by atoms with Crippen molar-refractivity contribution in [3.05, 3.63) is 70.1 Å². The summed E-state index contributed by atoms with van der Waals surface area (Å²) in [7, 11) is 0. The van der Waals surface area contributed by atoms with E-state index in [2.05, 4.69) is 5.32 Å². The van der Waals surface area contributed by atoms with Gasteiger partial charge < -0.3 is 11.1 Å². The Balaban J connectivity index is 1.66. The molecule has 1 aliphatic carbocycles. The highest BCUT2D eigenvalue weighted by Crippen LogP contribution is 2.26. The third-order valence-corrected chi connectivity index (χ3v) is 6.38. The van der Waals surface area contributed by atoms with Crippen LogP contribution < -0.4 is 16.7 Å². The average Bonchev–Trinajstić information content (AvgIpc) is 3.05. The number of hydrogen-bond donors (Lipinski definition) is 2. The number of hydrogen-bond acceptors (Lipinski definition) is 3. The standard InChI is InChI=1S/C25H30N4O3/c1-17-12-13-21-22(14-17)28(16-19-10-6-3-7-11-19)25(32)29(21)24(31)27-20(23(26)30)15-18-8-4-2-5-9-18/h2,4-5,8-9,12-14,19-20H,3,6-7,10-11,15-16H2,1H3,(H2,26,30)(H,27,31)/t20-/m0/s1. The Morgan fingerprint density at radius 1 is 1.06 bits per heavy atom. The zero-order valence-electron chi connectivity index (χ0n) is 18.4. The number of primary amides is 1. The van der Waals surface area contributed by atoms with Crippen molar-refractivity contribution >= 4 is 23.0 Å². The van der Waals surface area contributed by atoms with Gasteiger partial charge in [-0.25, -0.2) is 14.2 Å². The topological polar surface area (TPSA) is 99.1 Å². The van der Waals surface area contributed by atoms with Gasteiger partial charge in [-0.15, -0.1) is 0 Å². The van der Waals surface area contributed by atoms with Crippen LogP contribution in [0.3, 0.4) is 0 Å². The second kappa shape index (κ2) is 9.42. The summed E-state index contributed by atoms with van der Waals surface area (Å²) in [6, 6.07) is 13.4. The number of rotatable bonds is 6. The maximum absolute atomic E-state index is 13.4. The molecule has 7 heteroatoms. The number of aryl methyl sites for hydroxylation is 1. The summed E-state index contributed by atoms with van der Waals surface area (Å²) in [6.07, 6.45) is 6.05. The second-order valence-corrected chi connectivity index (χ2v) is 8.82. The van der Waals surface area contributed by atoms with Crippen molar-refractivity contribution in [2.45, 2.75) is 58.0 Å². The Bertz CT molecular complexity index is 1170. The fourth-order valence-electron chi connectivity index (χ4n) is 4.65. The Morgan fingerprint density at radius 3 is 2.47 bits per heavy atom. The first kappa shape index (κ1) is 21.9. The normalized spacial score (nSPS) is 15.5. The number of fused-ring (bicyclic) bond motifs is 1. The SMILES string of the molecule is Cc1ccc2c(c1)n(CC1CCCCC1)c(=O)n2C(=O)N[C@@H](Cc1ccccc1)C(N)=O. The number of carbonyl (C=O) groups is 2. The van der Waals surface area contributed by atoms with E-state index in [-0.39, 0.29) is 12.1 Å². The number of carbonyl (C=O) groups excluding carboxylic acids is 2. The quantitative estimate of drug-likeness (QED) is 0.622. The van der Waals surface area contributed by atoms with Gasteiger partial charge in [-0.3, -0.25) is 9.36 Å². The third-order valence-electron chi connectivity index (χ3n) is 6.38. The highest BCUT2D eigenvalue weighted by Gasteiger charge is 2.25. The predicted molar refractivity (Wildman–Crippen MR) is 125 cm³/mol. The molecule has 0 spiro atoms. The summed E-state index contributed by atoms with van der Waals surface area (Å²) < 4.78 is 2.85. The van der Waals surface area contributed by atoms with Crippen LogP contribution in [0.15, 0.2) is 53.3 Å². The summed E-state index contributed by atoms with van der Waals surface area (Å²) in [4.78, 5) is 38.6. The molecule has 0 radical (unpaired) electrons. The van der Waals surface area contributed by atoms with E-state index in [0.29, 0.717) is 18.0 Å². The molecule has 1 heterocycles. The van der Waals surface area contributed by atoms with Gasteiger partial charge >= 0.3 is 11.7 Å². The molecule has 0 aliphatic heterocycles. The Kier molecular flexibility index (Phi) is 6.44. The van der Waals surface area contributed by atoms with E-state index >= 15 is 0 Å². The molecule has 32 heavy (non-hydrogen) atoms. The molecule has 3 aromatic rings. The van der Waals surface area contributed by atoms with Crippen LogP contribution >= 0.6 is 0 Å². The largest absolute Gasteiger partial charge is 0.368 e. The van der Waals surface area contributed by atoms with E-state index in [1.165, 1.54) is 19.3 Å². The third kappa shape index (κ3) is 4.61. The molecule has 1 fully saturated rings. The molecule has 2 amide bonds. The molecule has 7 nitrogen and oxygen atoms in total. The maximum atomic E-state index is 13.4. The van der Waals surface area contributed by atoms with Gasteiger partial charge in [-0.05, 0) is 48.9 Å². The van der Waals surface area contributed by atoms with Gasteiger partial charge in [-0.2, -0.15) is 0 Å². The lowest BCUT2D eigenvalue weighted by molar-refractivity contribution is -0.119. The van der Waals surface area contributed by atoms with Crippen LogP contribution in [0.1, 0.15) is 43.2 Å². The van der Waals surface area contributed by atoms with Gasteiger partial charge in [0.2, 0.25) is 5.91 Å². The van der Waals surface area contributed by atoms with Crippen molar-refractivity contribution < 1.29 is 9.59 Å². The summed E-state index contributed by atoms with van der Waals surface area (Å²) in [5.41, 5.74) is 8.36. The number of aromatic nitrogens is 2. The van der Waals surface area contributed by atoms with Crippen LogP contribution in [-0.4, -0.2) is 27.1 Å². The Morgan fingerprint density at radius 2 is 1.78 bits per heavy atom. The Hall–Kier alpha value is -3.35. The molecule has 168 valence electrons. The van der Waals surface area contributed by atoms with E-state index in [9.17, 15) is 14.4 Å². The van der Waals surface area contributed by atoms with Crippen LogP contribution in [0.25, 0.3) is 11.0 Å². The van der Waals surface area contributed by atoms with Gasteiger partial charge in [0.1, 0.15) is 6.04 Å². The highest BCUT2D eigenvalue weighted by molar-refractivity contribution is 5.92. The molecule has 0 bridgehead atoms. The molecule has 1 aromatic heterocycles. The smallest absolute Gasteiger partial charge is 0.337 e. The molecule has 0 unspecified atom stereocenters. The van der Waals surface area contributed by atoms with Crippen molar-refractivity contribution in [3.63, 3.8) is 0 Å². The lowest BCUT2D eigenvalue weighted by Gasteiger charge is -2.21. The van der Waals surface area contributed by atoms with Crippen molar-refractivity contribution in [2.75, 3.05) is 0 Å². The molecular weight excluding hydrogens is 404 g/mol. The minimum Gasteiger partial charge on any atom is -0.368 e. The highest BCUT2D eigenvalue weighted by atomic mass is 16.2. The molecular formula is C25H30N4O3. The van der Waals surface area contributed by atoms with E-state index in [1.807, 2.05) is 49.4 Å². The van der Waals surface area contributed by atoms with Crippen LogP contribution in [0.2, 0.25) is 0 Å². The minimum atomic E-state index is -0.918. The monoisotopic (exact) mass is 434 g/mol. The summed E-state index contributed by atoms with van der Waals surface area (Å²) in [5.74, 6) is -0.211. The van der Waals surface area contributed by atoms with Gasteiger partial charge in [0.05, 0.1) is 11.0 Å².